The fraction of sp³-hybridized carbons (Fsp3) is 0.190. The molecule has 1 heterocycles. The summed E-state index contributed by atoms with van der Waals surface area (Å²) in [6, 6.07) is 15.2. The molecule has 0 aromatic heterocycles. The number of rotatable bonds is 5. The van der Waals surface area contributed by atoms with E-state index in [-0.39, 0.29) is 30.1 Å². The summed E-state index contributed by atoms with van der Waals surface area (Å²) in [5, 5.41) is 5.11. The van der Waals surface area contributed by atoms with E-state index in [1.54, 1.807) is 18.2 Å². The van der Waals surface area contributed by atoms with Gasteiger partial charge in [-0.2, -0.15) is 0 Å². The minimum Gasteiger partial charge on any atom is -0.323 e. The van der Waals surface area contributed by atoms with E-state index in [1.807, 2.05) is 43.3 Å². The zero-order valence-corrected chi connectivity index (χ0v) is 14.5. The highest BCUT2D eigenvalue weighted by Crippen LogP contribution is 2.19. The molecule has 0 bridgehead atoms. The van der Waals surface area contributed by atoms with E-state index in [4.69, 9.17) is 0 Å². The van der Waals surface area contributed by atoms with Crippen molar-refractivity contribution in [2.45, 2.75) is 19.8 Å². The topological polar surface area (TPSA) is 75.3 Å². The largest absolute Gasteiger partial charge is 0.323 e. The lowest BCUT2D eigenvalue weighted by atomic mass is 9.98. The maximum absolute atomic E-state index is 12.0. The number of anilines is 1. The second-order valence-corrected chi connectivity index (χ2v) is 6.45. The SMILES string of the molecule is Cc1ccc(/C=C/C(=O)Nc2ccc(C[C@@H]3CC(=O)NC3=O)cc2)cc1. The molecule has 1 aliphatic heterocycles. The number of hydrogen-bond donors (Lipinski definition) is 2. The van der Waals surface area contributed by atoms with Crippen molar-refractivity contribution in [2.24, 2.45) is 5.92 Å². The first-order chi connectivity index (χ1) is 12.5. The van der Waals surface area contributed by atoms with E-state index in [1.165, 1.54) is 11.6 Å². The first-order valence-corrected chi connectivity index (χ1v) is 8.48. The maximum Gasteiger partial charge on any atom is 0.248 e. The zero-order chi connectivity index (χ0) is 18.5. The number of hydrogen-bond acceptors (Lipinski definition) is 3. The summed E-state index contributed by atoms with van der Waals surface area (Å²) in [6.07, 6.45) is 4.01. The van der Waals surface area contributed by atoms with Crippen molar-refractivity contribution in [3.8, 4) is 0 Å². The number of carbonyl (C=O) groups excluding carboxylic acids is 3. The Balaban J connectivity index is 1.55. The number of amides is 3. The Labute approximate surface area is 152 Å². The molecule has 0 aliphatic carbocycles. The highest BCUT2D eigenvalue weighted by Gasteiger charge is 2.30. The molecule has 0 saturated carbocycles. The Bertz CT molecular complexity index is 852. The molecule has 1 atom stereocenters. The van der Waals surface area contributed by atoms with E-state index in [0.717, 1.165) is 11.1 Å². The molecule has 3 amide bonds. The molecule has 26 heavy (non-hydrogen) atoms. The van der Waals surface area contributed by atoms with Crippen LogP contribution in [-0.2, 0) is 20.8 Å². The van der Waals surface area contributed by atoms with Crippen molar-refractivity contribution in [2.75, 3.05) is 5.32 Å². The highest BCUT2D eigenvalue weighted by molar-refractivity contribution is 6.03. The van der Waals surface area contributed by atoms with Crippen molar-refractivity contribution in [1.82, 2.24) is 5.32 Å². The number of benzene rings is 2. The molecule has 3 rings (SSSR count). The van der Waals surface area contributed by atoms with Crippen molar-refractivity contribution < 1.29 is 14.4 Å². The smallest absolute Gasteiger partial charge is 0.248 e. The Hall–Kier alpha value is -3.21. The highest BCUT2D eigenvalue weighted by atomic mass is 16.2. The van der Waals surface area contributed by atoms with Gasteiger partial charge in [-0.3, -0.25) is 19.7 Å². The third-order valence-electron chi connectivity index (χ3n) is 4.27. The maximum atomic E-state index is 12.0. The van der Waals surface area contributed by atoms with Crippen LogP contribution in [0.3, 0.4) is 0 Å². The zero-order valence-electron chi connectivity index (χ0n) is 14.5. The molecule has 5 heteroatoms. The average Bonchev–Trinajstić information content (AvgIpc) is 2.93. The quantitative estimate of drug-likeness (QED) is 0.644. The summed E-state index contributed by atoms with van der Waals surface area (Å²) in [5.74, 6) is -0.947. The number of nitrogens with one attached hydrogen (secondary N) is 2. The van der Waals surface area contributed by atoms with Crippen LogP contribution < -0.4 is 10.6 Å². The Morgan fingerprint density at radius 2 is 1.81 bits per heavy atom. The van der Waals surface area contributed by atoms with Gasteiger partial charge in [-0.25, -0.2) is 0 Å². The van der Waals surface area contributed by atoms with Crippen molar-refractivity contribution in [3.05, 3.63) is 71.3 Å². The first kappa shape index (κ1) is 17.6. The van der Waals surface area contributed by atoms with Gasteiger partial charge in [0.2, 0.25) is 17.7 Å². The summed E-state index contributed by atoms with van der Waals surface area (Å²) >= 11 is 0. The van der Waals surface area contributed by atoms with Gasteiger partial charge in [0.15, 0.2) is 0 Å². The molecule has 1 aliphatic rings. The molecule has 1 fully saturated rings. The van der Waals surface area contributed by atoms with Gasteiger partial charge in [-0.05, 0) is 42.7 Å². The normalized spacial score (nSPS) is 16.7. The second kappa shape index (κ2) is 7.78. The van der Waals surface area contributed by atoms with Gasteiger partial charge in [0, 0.05) is 18.2 Å². The summed E-state index contributed by atoms with van der Waals surface area (Å²) in [5.41, 5.74) is 3.77. The van der Waals surface area contributed by atoms with E-state index in [2.05, 4.69) is 10.6 Å². The molecule has 2 N–H and O–H groups in total. The Morgan fingerprint density at radius 3 is 2.42 bits per heavy atom. The number of aryl methyl sites for hydroxylation is 1. The second-order valence-electron chi connectivity index (χ2n) is 6.45. The van der Waals surface area contributed by atoms with Crippen LogP contribution in [0.2, 0.25) is 0 Å². The molecular weight excluding hydrogens is 328 g/mol. The van der Waals surface area contributed by atoms with Crippen LogP contribution in [0.5, 0.6) is 0 Å². The minimum absolute atomic E-state index is 0.209. The summed E-state index contributed by atoms with van der Waals surface area (Å²) in [7, 11) is 0. The predicted octanol–water partition coefficient (Wildman–Crippen LogP) is 2.85. The monoisotopic (exact) mass is 348 g/mol. The lowest BCUT2D eigenvalue weighted by Crippen LogP contribution is -2.22. The molecule has 0 spiro atoms. The Morgan fingerprint density at radius 1 is 1.12 bits per heavy atom. The standard InChI is InChI=1S/C21H20N2O3/c1-14-2-4-15(5-3-14)8-11-19(24)22-18-9-6-16(7-10-18)12-17-13-20(25)23-21(17)26/h2-11,17H,12-13H2,1H3,(H,22,24)(H,23,25,26)/b11-8+/t17-/m1/s1. The molecule has 0 unspecified atom stereocenters. The third-order valence-corrected chi connectivity index (χ3v) is 4.27. The summed E-state index contributed by atoms with van der Waals surface area (Å²) in [6.45, 7) is 2.01. The average molecular weight is 348 g/mol. The molecule has 0 radical (unpaired) electrons. The van der Waals surface area contributed by atoms with Crippen LogP contribution in [0.4, 0.5) is 5.69 Å². The summed E-state index contributed by atoms with van der Waals surface area (Å²) < 4.78 is 0. The molecule has 5 nitrogen and oxygen atoms in total. The van der Waals surface area contributed by atoms with Crippen molar-refractivity contribution in [3.63, 3.8) is 0 Å². The van der Waals surface area contributed by atoms with Crippen LogP contribution >= 0.6 is 0 Å². The van der Waals surface area contributed by atoms with Crippen LogP contribution in [-0.4, -0.2) is 17.7 Å². The molecule has 2 aromatic rings. The van der Waals surface area contributed by atoms with Crippen LogP contribution in [0.1, 0.15) is 23.1 Å². The lowest BCUT2D eigenvalue weighted by molar-refractivity contribution is -0.125. The number of imide groups is 1. The van der Waals surface area contributed by atoms with Gasteiger partial charge in [0.1, 0.15) is 0 Å². The van der Waals surface area contributed by atoms with Gasteiger partial charge in [0.25, 0.3) is 0 Å². The predicted molar refractivity (Wildman–Crippen MR) is 100 cm³/mol. The van der Waals surface area contributed by atoms with Gasteiger partial charge < -0.3 is 5.32 Å². The molecule has 132 valence electrons. The lowest BCUT2D eigenvalue weighted by Gasteiger charge is -2.07. The van der Waals surface area contributed by atoms with Gasteiger partial charge in [0.05, 0.1) is 5.92 Å². The fourth-order valence-electron chi connectivity index (χ4n) is 2.81. The molecule has 2 aromatic carbocycles. The van der Waals surface area contributed by atoms with Crippen LogP contribution in [0.15, 0.2) is 54.6 Å². The van der Waals surface area contributed by atoms with Crippen LogP contribution in [0.25, 0.3) is 6.08 Å². The fourth-order valence-corrected chi connectivity index (χ4v) is 2.81. The van der Waals surface area contributed by atoms with Crippen molar-refractivity contribution >= 4 is 29.5 Å². The van der Waals surface area contributed by atoms with E-state index < -0.39 is 0 Å². The summed E-state index contributed by atoms with van der Waals surface area (Å²) in [4.78, 5) is 34.8. The van der Waals surface area contributed by atoms with Gasteiger partial charge >= 0.3 is 0 Å². The Kier molecular flexibility index (Phi) is 5.27. The number of carbonyl (C=O) groups is 3. The van der Waals surface area contributed by atoms with E-state index in [9.17, 15) is 14.4 Å². The van der Waals surface area contributed by atoms with Gasteiger partial charge in [-0.1, -0.05) is 42.0 Å². The van der Waals surface area contributed by atoms with Gasteiger partial charge in [-0.15, -0.1) is 0 Å². The third kappa shape index (κ3) is 4.66. The first-order valence-electron chi connectivity index (χ1n) is 8.48. The van der Waals surface area contributed by atoms with Crippen molar-refractivity contribution in [1.29, 1.82) is 0 Å². The molecule has 1 saturated heterocycles. The van der Waals surface area contributed by atoms with E-state index in [0.29, 0.717) is 12.1 Å². The van der Waals surface area contributed by atoms with Crippen LogP contribution in [0, 0.1) is 12.8 Å². The van der Waals surface area contributed by atoms with E-state index >= 15 is 0 Å². The minimum atomic E-state index is -0.305. The molecular formula is C21H20N2O3.